The first-order valence-corrected chi connectivity index (χ1v) is 8.64. The first kappa shape index (κ1) is 16.2. The Labute approximate surface area is 133 Å². The largest absolute Gasteiger partial charge is 0.392 e. The molecule has 0 aliphatic rings. The number of halogens is 1. The van der Waals surface area contributed by atoms with Crippen molar-refractivity contribution in [3.63, 3.8) is 0 Å². The van der Waals surface area contributed by atoms with E-state index in [4.69, 9.17) is 0 Å². The number of hydrogen-bond donors (Lipinski definition) is 2. The lowest BCUT2D eigenvalue weighted by molar-refractivity contribution is 0.280. The van der Waals surface area contributed by atoms with Crippen molar-refractivity contribution < 1.29 is 13.5 Å². The summed E-state index contributed by atoms with van der Waals surface area (Å²) in [6.45, 7) is 1.87. The van der Waals surface area contributed by atoms with Gasteiger partial charge in [0.05, 0.1) is 11.5 Å². The monoisotopic (exact) mass is 369 g/mol. The first-order valence-electron chi connectivity index (χ1n) is 6.37. The van der Waals surface area contributed by atoms with Crippen molar-refractivity contribution in [3.05, 3.63) is 63.6 Å². The van der Waals surface area contributed by atoms with E-state index in [0.29, 0.717) is 5.56 Å². The van der Waals surface area contributed by atoms with E-state index in [2.05, 4.69) is 20.7 Å². The van der Waals surface area contributed by atoms with Crippen LogP contribution in [0.5, 0.6) is 0 Å². The molecule has 0 fully saturated rings. The molecule has 0 heterocycles. The van der Waals surface area contributed by atoms with E-state index < -0.39 is 10.0 Å². The molecule has 112 valence electrons. The summed E-state index contributed by atoms with van der Waals surface area (Å²) in [6.07, 6.45) is 0. The van der Waals surface area contributed by atoms with Crippen molar-refractivity contribution in [1.82, 2.24) is 4.72 Å². The van der Waals surface area contributed by atoms with Crippen LogP contribution < -0.4 is 4.72 Å². The Balaban J connectivity index is 2.16. The predicted molar refractivity (Wildman–Crippen MR) is 85.3 cm³/mol. The smallest absolute Gasteiger partial charge is 0.240 e. The highest BCUT2D eigenvalue weighted by molar-refractivity contribution is 9.10. The molecule has 0 saturated heterocycles. The van der Waals surface area contributed by atoms with Crippen molar-refractivity contribution in [2.24, 2.45) is 0 Å². The Hall–Kier alpha value is -1.21. The van der Waals surface area contributed by atoms with Crippen LogP contribution in [0.15, 0.2) is 51.8 Å². The lowest BCUT2D eigenvalue weighted by Gasteiger charge is -2.09. The van der Waals surface area contributed by atoms with Crippen LogP contribution in [0, 0.1) is 6.92 Å². The number of rotatable bonds is 5. The van der Waals surface area contributed by atoms with Gasteiger partial charge in [0, 0.05) is 11.0 Å². The molecule has 0 bridgehead atoms. The highest BCUT2D eigenvalue weighted by Gasteiger charge is 2.14. The maximum absolute atomic E-state index is 12.2. The summed E-state index contributed by atoms with van der Waals surface area (Å²) in [5.41, 5.74) is 2.35. The predicted octanol–water partition coefficient (Wildman–Crippen LogP) is 2.73. The summed E-state index contributed by atoms with van der Waals surface area (Å²) in [4.78, 5) is 0.161. The Bertz CT molecular complexity index is 727. The highest BCUT2D eigenvalue weighted by atomic mass is 79.9. The molecule has 2 N–H and O–H groups in total. The second-order valence-electron chi connectivity index (χ2n) is 4.70. The average molecular weight is 370 g/mol. The third-order valence-corrected chi connectivity index (χ3v) is 5.11. The second-order valence-corrected chi connectivity index (χ2v) is 7.38. The van der Waals surface area contributed by atoms with E-state index in [1.54, 1.807) is 12.1 Å². The lowest BCUT2D eigenvalue weighted by atomic mass is 10.1. The minimum Gasteiger partial charge on any atom is -0.392 e. The molecule has 0 aliphatic carbocycles. The molecule has 0 unspecified atom stereocenters. The molecule has 0 radical (unpaired) electrons. The Morgan fingerprint density at radius 1 is 1.14 bits per heavy atom. The molecule has 0 atom stereocenters. The zero-order chi connectivity index (χ0) is 15.5. The fourth-order valence-electron chi connectivity index (χ4n) is 1.85. The van der Waals surface area contributed by atoms with Gasteiger partial charge in [0.1, 0.15) is 0 Å². The van der Waals surface area contributed by atoms with Crippen LogP contribution in [0.4, 0.5) is 0 Å². The molecule has 0 aliphatic heterocycles. The standard InChI is InChI=1S/C15H16BrNO3S/c1-11-2-7-15(8-13(11)10-18)21(19,20)17-9-12-3-5-14(16)6-4-12/h2-8,17-18H,9-10H2,1H3. The Kier molecular flexibility index (Phi) is 5.16. The number of aryl methyl sites for hydroxylation is 1. The fraction of sp³-hybridized carbons (Fsp3) is 0.200. The van der Waals surface area contributed by atoms with Crippen molar-refractivity contribution in [1.29, 1.82) is 0 Å². The van der Waals surface area contributed by atoms with Crippen LogP contribution in [0.1, 0.15) is 16.7 Å². The van der Waals surface area contributed by atoms with Gasteiger partial charge in [0.15, 0.2) is 0 Å². The molecule has 2 rings (SSSR count). The van der Waals surface area contributed by atoms with Gasteiger partial charge in [-0.2, -0.15) is 0 Å². The molecular formula is C15H16BrNO3S. The van der Waals surface area contributed by atoms with Crippen molar-refractivity contribution in [2.75, 3.05) is 0 Å². The molecule has 21 heavy (non-hydrogen) atoms. The molecule has 4 nitrogen and oxygen atoms in total. The van der Waals surface area contributed by atoms with Crippen molar-refractivity contribution >= 4 is 26.0 Å². The lowest BCUT2D eigenvalue weighted by Crippen LogP contribution is -2.23. The molecule has 6 heteroatoms. The molecule has 0 aromatic heterocycles. The zero-order valence-electron chi connectivity index (χ0n) is 11.5. The summed E-state index contributed by atoms with van der Waals surface area (Å²) >= 11 is 3.33. The molecule has 2 aromatic rings. The van der Waals surface area contributed by atoms with Gasteiger partial charge < -0.3 is 5.11 Å². The normalized spacial score (nSPS) is 11.6. The summed E-state index contributed by atoms with van der Waals surface area (Å²) in [7, 11) is -3.59. The van der Waals surface area contributed by atoms with Crippen molar-refractivity contribution in [3.8, 4) is 0 Å². The van der Waals surface area contributed by atoms with E-state index in [1.165, 1.54) is 6.07 Å². The van der Waals surface area contributed by atoms with Gasteiger partial charge in [-0.05, 0) is 47.9 Å². The van der Waals surface area contributed by atoms with Gasteiger partial charge in [-0.15, -0.1) is 0 Å². The second kappa shape index (κ2) is 6.70. The summed E-state index contributed by atoms with van der Waals surface area (Å²) in [5, 5.41) is 9.22. The molecule has 0 saturated carbocycles. The maximum Gasteiger partial charge on any atom is 0.240 e. The minimum absolute atomic E-state index is 0.161. The number of benzene rings is 2. The van der Waals surface area contributed by atoms with Crippen LogP contribution in [0.25, 0.3) is 0 Å². The fourth-order valence-corrected chi connectivity index (χ4v) is 3.18. The maximum atomic E-state index is 12.2. The molecule has 0 spiro atoms. The van der Waals surface area contributed by atoms with Gasteiger partial charge in [-0.1, -0.05) is 34.1 Å². The summed E-state index contributed by atoms with van der Waals surface area (Å²) in [6, 6.07) is 12.2. The van der Waals surface area contributed by atoms with Crippen LogP contribution in [0.3, 0.4) is 0 Å². The van der Waals surface area contributed by atoms with E-state index in [0.717, 1.165) is 15.6 Å². The summed E-state index contributed by atoms with van der Waals surface area (Å²) in [5.74, 6) is 0. The van der Waals surface area contributed by atoms with Gasteiger partial charge >= 0.3 is 0 Å². The van der Waals surface area contributed by atoms with E-state index in [-0.39, 0.29) is 18.0 Å². The van der Waals surface area contributed by atoms with Gasteiger partial charge in [0.25, 0.3) is 0 Å². The number of hydrogen-bond acceptors (Lipinski definition) is 3. The number of aliphatic hydroxyl groups excluding tert-OH is 1. The third-order valence-electron chi connectivity index (χ3n) is 3.18. The quantitative estimate of drug-likeness (QED) is 0.851. The van der Waals surface area contributed by atoms with Gasteiger partial charge in [0.2, 0.25) is 10.0 Å². The Morgan fingerprint density at radius 3 is 2.43 bits per heavy atom. The third kappa shape index (κ3) is 4.14. The molecule has 0 amide bonds. The average Bonchev–Trinajstić information content (AvgIpc) is 2.47. The van der Waals surface area contributed by atoms with Crippen LogP contribution >= 0.6 is 15.9 Å². The minimum atomic E-state index is -3.59. The van der Waals surface area contributed by atoms with Gasteiger partial charge in [-0.3, -0.25) is 0 Å². The summed E-state index contributed by atoms with van der Waals surface area (Å²) < 4.78 is 28.0. The van der Waals surface area contributed by atoms with Crippen LogP contribution in [0.2, 0.25) is 0 Å². The molecule has 2 aromatic carbocycles. The highest BCUT2D eigenvalue weighted by Crippen LogP contribution is 2.16. The van der Waals surface area contributed by atoms with Crippen molar-refractivity contribution in [2.45, 2.75) is 25.0 Å². The Morgan fingerprint density at radius 2 is 1.81 bits per heavy atom. The van der Waals surface area contributed by atoms with Gasteiger partial charge in [-0.25, -0.2) is 13.1 Å². The van der Waals surface area contributed by atoms with E-state index in [9.17, 15) is 13.5 Å². The van der Waals surface area contributed by atoms with Crippen LogP contribution in [-0.2, 0) is 23.2 Å². The van der Waals surface area contributed by atoms with E-state index in [1.807, 2.05) is 31.2 Å². The number of sulfonamides is 1. The van der Waals surface area contributed by atoms with Crippen LogP contribution in [-0.4, -0.2) is 13.5 Å². The first-order chi connectivity index (χ1) is 9.92. The molecular weight excluding hydrogens is 354 g/mol. The number of nitrogens with one attached hydrogen (secondary N) is 1. The number of aliphatic hydroxyl groups is 1. The topological polar surface area (TPSA) is 66.4 Å². The SMILES string of the molecule is Cc1ccc(S(=O)(=O)NCc2ccc(Br)cc2)cc1CO. The zero-order valence-corrected chi connectivity index (χ0v) is 13.9. The van der Waals surface area contributed by atoms with E-state index >= 15 is 0 Å².